The maximum Gasteiger partial charge on any atom is 0.258 e. The summed E-state index contributed by atoms with van der Waals surface area (Å²) in [5, 5.41) is 3.30. The number of nitrogens with one attached hydrogen (secondary N) is 1. The lowest BCUT2D eigenvalue weighted by Crippen LogP contribution is -2.23. The lowest BCUT2D eigenvalue weighted by Gasteiger charge is -2.18. The van der Waals surface area contributed by atoms with Crippen LogP contribution >= 0.6 is 11.6 Å². The zero-order valence-electron chi connectivity index (χ0n) is 19.3. The van der Waals surface area contributed by atoms with Crippen LogP contribution in [0.1, 0.15) is 35.5 Å². The van der Waals surface area contributed by atoms with Gasteiger partial charge in [0.25, 0.3) is 5.91 Å². The molecule has 1 amide bonds. The number of ether oxygens (including phenoxy) is 2. The fourth-order valence-electron chi connectivity index (χ4n) is 3.75. The average Bonchev–Trinajstić information content (AvgIpc) is 3.15. The van der Waals surface area contributed by atoms with Crippen LogP contribution in [0.3, 0.4) is 0 Å². The van der Waals surface area contributed by atoms with Crippen LogP contribution in [-0.4, -0.2) is 37.1 Å². The van der Waals surface area contributed by atoms with E-state index in [1.54, 1.807) is 50.4 Å². The first-order chi connectivity index (χ1) is 16.0. The van der Waals surface area contributed by atoms with E-state index in [0.29, 0.717) is 40.7 Å². The summed E-state index contributed by atoms with van der Waals surface area (Å²) in [6, 6.07) is 11.6. The number of carbonyl (C=O) groups excluding carboxylic acids is 1. The minimum absolute atomic E-state index is 0.157. The summed E-state index contributed by atoms with van der Waals surface area (Å²) in [7, 11) is 4.87. The molecule has 8 heteroatoms. The predicted octanol–water partition coefficient (Wildman–Crippen LogP) is 5.78. The minimum atomic E-state index is -0.467. The summed E-state index contributed by atoms with van der Waals surface area (Å²) in [6.07, 6.45) is 0. The largest absolute Gasteiger partial charge is 0.497 e. The molecule has 1 aliphatic rings. The van der Waals surface area contributed by atoms with E-state index in [1.807, 2.05) is 26.0 Å². The second-order valence-electron chi connectivity index (χ2n) is 7.06. The van der Waals surface area contributed by atoms with Crippen LogP contribution in [0.2, 0.25) is 5.02 Å². The van der Waals surface area contributed by atoms with Gasteiger partial charge >= 0.3 is 0 Å². The number of anilines is 1. The Morgan fingerprint density at radius 1 is 1.12 bits per heavy atom. The highest BCUT2D eigenvalue weighted by molar-refractivity contribution is 6.33. The molecule has 0 spiro atoms. The van der Waals surface area contributed by atoms with Crippen molar-refractivity contribution >= 4 is 23.2 Å². The van der Waals surface area contributed by atoms with Crippen LogP contribution in [0.15, 0.2) is 42.5 Å². The zero-order valence-corrected chi connectivity index (χ0v) is 20.1. The average molecular weight is 472 g/mol. The molecule has 0 bridgehead atoms. The molecule has 0 saturated heterocycles. The normalized spacial score (nSPS) is 12.1. The van der Waals surface area contributed by atoms with E-state index >= 15 is 0 Å². The van der Waals surface area contributed by atoms with Gasteiger partial charge in [-0.05, 0) is 30.3 Å². The predicted molar refractivity (Wildman–Crippen MR) is 129 cm³/mol. The Morgan fingerprint density at radius 3 is 2.52 bits per heavy atom. The Labute approximate surface area is 198 Å². The number of carbonyl (C=O) groups is 1. The van der Waals surface area contributed by atoms with Crippen LogP contribution < -0.4 is 14.8 Å². The van der Waals surface area contributed by atoms with Gasteiger partial charge in [-0.3, -0.25) is 4.79 Å². The standard InChI is InChI=1S/C23H21ClFN3O3.C2H6/c1-26-17-10-18(21-15(24)5-4-6-16(21)25)27-19-12-28(23(29)22(17)19)11-13-7-8-14(30-2)9-20(13)31-3;1-2/h4-10H,11-12H2,1-3H3,(H,26,27);1-2H3. The summed E-state index contributed by atoms with van der Waals surface area (Å²) >= 11 is 6.23. The third-order valence-corrected chi connectivity index (χ3v) is 5.59. The van der Waals surface area contributed by atoms with Crippen molar-refractivity contribution in [3.05, 3.63) is 70.1 Å². The Balaban J connectivity index is 0.00000149. The lowest BCUT2D eigenvalue weighted by molar-refractivity contribution is 0.0766. The molecule has 0 fully saturated rings. The van der Waals surface area contributed by atoms with Crippen LogP contribution in [0.25, 0.3) is 11.3 Å². The first-order valence-corrected chi connectivity index (χ1v) is 11.0. The zero-order chi connectivity index (χ0) is 24.1. The van der Waals surface area contributed by atoms with Gasteiger partial charge in [0.2, 0.25) is 0 Å². The molecule has 4 rings (SSSR count). The van der Waals surface area contributed by atoms with Crippen molar-refractivity contribution in [3.8, 4) is 22.8 Å². The first-order valence-electron chi connectivity index (χ1n) is 10.6. The molecule has 2 aromatic carbocycles. The number of amides is 1. The smallest absolute Gasteiger partial charge is 0.258 e. The molecule has 33 heavy (non-hydrogen) atoms. The van der Waals surface area contributed by atoms with Crippen molar-refractivity contribution in [3.63, 3.8) is 0 Å². The fraction of sp³-hybridized carbons (Fsp3) is 0.280. The topological polar surface area (TPSA) is 63.7 Å². The van der Waals surface area contributed by atoms with Crippen molar-refractivity contribution in [2.75, 3.05) is 26.6 Å². The molecule has 3 aromatic rings. The van der Waals surface area contributed by atoms with Crippen molar-refractivity contribution in [1.82, 2.24) is 9.88 Å². The number of pyridine rings is 1. The van der Waals surface area contributed by atoms with E-state index in [1.165, 1.54) is 6.07 Å². The van der Waals surface area contributed by atoms with Gasteiger partial charge in [0, 0.05) is 18.7 Å². The van der Waals surface area contributed by atoms with Gasteiger partial charge in [0.15, 0.2) is 0 Å². The molecular formula is C25H27ClFN3O3. The molecule has 0 radical (unpaired) electrons. The van der Waals surface area contributed by atoms with Crippen molar-refractivity contribution < 1.29 is 18.7 Å². The molecule has 1 aliphatic heterocycles. The monoisotopic (exact) mass is 471 g/mol. The van der Waals surface area contributed by atoms with Crippen molar-refractivity contribution in [1.29, 1.82) is 0 Å². The highest BCUT2D eigenvalue weighted by Crippen LogP contribution is 2.37. The Kier molecular flexibility index (Phi) is 7.76. The van der Waals surface area contributed by atoms with Gasteiger partial charge in [-0.1, -0.05) is 31.5 Å². The molecule has 0 saturated carbocycles. The molecular weight excluding hydrogens is 445 g/mol. The Bertz CT molecular complexity index is 1150. The van der Waals surface area contributed by atoms with E-state index in [2.05, 4.69) is 10.3 Å². The van der Waals surface area contributed by atoms with Crippen molar-refractivity contribution in [2.24, 2.45) is 0 Å². The molecule has 1 aromatic heterocycles. The van der Waals surface area contributed by atoms with Gasteiger partial charge < -0.3 is 19.7 Å². The van der Waals surface area contributed by atoms with Gasteiger partial charge in [-0.15, -0.1) is 0 Å². The van der Waals surface area contributed by atoms with Crippen LogP contribution in [0, 0.1) is 5.82 Å². The van der Waals surface area contributed by atoms with E-state index in [9.17, 15) is 9.18 Å². The van der Waals surface area contributed by atoms with Gasteiger partial charge in [0.05, 0.1) is 60.5 Å². The highest BCUT2D eigenvalue weighted by Gasteiger charge is 2.33. The van der Waals surface area contributed by atoms with E-state index in [4.69, 9.17) is 21.1 Å². The Hall–Kier alpha value is -3.32. The second-order valence-corrected chi connectivity index (χ2v) is 7.47. The quantitative estimate of drug-likeness (QED) is 0.493. The molecule has 2 heterocycles. The second kappa shape index (κ2) is 10.5. The third-order valence-electron chi connectivity index (χ3n) is 5.28. The summed E-state index contributed by atoms with van der Waals surface area (Å²) < 4.78 is 25.2. The molecule has 0 aliphatic carbocycles. The summed E-state index contributed by atoms with van der Waals surface area (Å²) in [5.41, 5.74) is 3.06. The summed E-state index contributed by atoms with van der Waals surface area (Å²) in [5.74, 6) is 0.674. The Morgan fingerprint density at radius 2 is 1.88 bits per heavy atom. The maximum absolute atomic E-state index is 14.5. The van der Waals surface area contributed by atoms with Crippen molar-refractivity contribution in [2.45, 2.75) is 26.9 Å². The van der Waals surface area contributed by atoms with Gasteiger partial charge in [0.1, 0.15) is 17.3 Å². The number of halogens is 2. The number of hydrogen-bond acceptors (Lipinski definition) is 5. The fourth-order valence-corrected chi connectivity index (χ4v) is 4.01. The molecule has 6 nitrogen and oxygen atoms in total. The number of rotatable bonds is 6. The van der Waals surface area contributed by atoms with Crippen LogP contribution in [0.5, 0.6) is 11.5 Å². The number of aromatic nitrogens is 1. The minimum Gasteiger partial charge on any atom is -0.497 e. The molecule has 0 atom stereocenters. The van der Waals surface area contributed by atoms with E-state index < -0.39 is 5.82 Å². The lowest BCUT2D eigenvalue weighted by atomic mass is 10.1. The SMILES string of the molecule is CC.CNc1cc(-c2c(F)cccc2Cl)nc2c1C(=O)N(Cc1ccc(OC)cc1OC)C2. The van der Waals surface area contributed by atoms with Gasteiger partial charge in [-0.25, -0.2) is 9.37 Å². The highest BCUT2D eigenvalue weighted by atomic mass is 35.5. The number of methoxy groups -OCH3 is 2. The summed E-state index contributed by atoms with van der Waals surface area (Å²) in [6.45, 7) is 4.62. The summed E-state index contributed by atoms with van der Waals surface area (Å²) in [4.78, 5) is 19.4. The number of nitrogens with zero attached hydrogens (tertiary/aromatic N) is 2. The molecule has 0 unspecified atom stereocenters. The third kappa shape index (κ3) is 4.73. The number of hydrogen-bond donors (Lipinski definition) is 1. The molecule has 1 N–H and O–H groups in total. The first kappa shape index (κ1) is 24.3. The van der Waals surface area contributed by atoms with Crippen LogP contribution in [-0.2, 0) is 13.1 Å². The van der Waals surface area contributed by atoms with Gasteiger partial charge in [-0.2, -0.15) is 0 Å². The van der Waals surface area contributed by atoms with E-state index in [0.717, 1.165) is 5.56 Å². The molecule has 174 valence electrons. The maximum atomic E-state index is 14.5. The van der Waals surface area contributed by atoms with E-state index in [-0.39, 0.29) is 23.0 Å². The van der Waals surface area contributed by atoms with Crippen LogP contribution in [0.4, 0.5) is 10.1 Å². The number of fused-ring (bicyclic) bond motifs is 1. The number of benzene rings is 2.